The number of piperazine rings is 1. The van der Waals surface area contributed by atoms with E-state index in [0.717, 1.165) is 86.2 Å². The lowest BCUT2D eigenvalue weighted by Crippen LogP contribution is -2.50. The minimum atomic E-state index is -1.16. The zero-order valence-corrected chi connectivity index (χ0v) is 44.9. The number of aliphatic hydroxyl groups excluding tert-OH is 1. The maximum Gasteiger partial charge on any atom is 0.281 e. The van der Waals surface area contributed by atoms with Crippen LogP contribution in [0.25, 0.3) is 44.1 Å². The fraction of sp³-hybridized carbons (Fsp3) is 0.429. The minimum Gasteiger partial charge on any atom is -0.390 e. The van der Waals surface area contributed by atoms with Crippen LogP contribution >= 0.6 is 31.9 Å². The largest absolute Gasteiger partial charge is 0.390 e. The predicted octanol–water partition coefficient (Wildman–Crippen LogP) is 8.14. The van der Waals surface area contributed by atoms with Crippen LogP contribution in [0.1, 0.15) is 81.8 Å². The summed E-state index contributed by atoms with van der Waals surface area (Å²) in [7, 11) is 1.77. The molecule has 0 radical (unpaired) electrons. The molecule has 2 atom stereocenters. The van der Waals surface area contributed by atoms with E-state index in [1.165, 1.54) is 10.9 Å². The maximum atomic E-state index is 13.7. The van der Waals surface area contributed by atoms with E-state index in [1.807, 2.05) is 76.5 Å². The van der Waals surface area contributed by atoms with Gasteiger partial charge in [-0.3, -0.25) is 33.3 Å². The summed E-state index contributed by atoms with van der Waals surface area (Å²) in [6.07, 6.45) is 6.24. The van der Waals surface area contributed by atoms with Crippen molar-refractivity contribution >= 4 is 82.4 Å². The first-order chi connectivity index (χ1) is 35.2. The molecular formula is C56H65Br2N9O6. The summed E-state index contributed by atoms with van der Waals surface area (Å²) in [4.78, 5) is 63.3. The fourth-order valence-corrected chi connectivity index (χ4v) is 11.3. The average molecular weight is 1120 g/mol. The van der Waals surface area contributed by atoms with Gasteiger partial charge in [0.15, 0.2) is 5.52 Å². The van der Waals surface area contributed by atoms with Gasteiger partial charge in [0.2, 0.25) is 17.7 Å². The van der Waals surface area contributed by atoms with Crippen molar-refractivity contribution in [1.82, 2.24) is 43.9 Å². The number of piperidine rings is 1. The Bertz CT molecular complexity index is 3080. The molecule has 73 heavy (non-hydrogen) atoms. The van der Waals surface area contributed by atoms with Crippen LogP contribution in [0.15, 0.2) is 111 Å². The molecule has 0 saturated carbocycles. The normalized spacial score (nSPS) is 16.1. The van der Waals surface area contributed by atoms with Gasteiger partial charge in [-0.15, -0.1) is 0 Å². The number of carbonyl (C=O) groups is 3. The molecule has 0 bridgehead atoms. The number of hydrogen-bond acceptors (Lipinski definition) is 9. The molecule has 0 unspecified atom stereocenters. The number of fused-ring (bicyclic) bond motifs is 4. The summed E-state index contributed by atoms with van der Waals surface area (Å²) < 4.78 is 7.31. The lowest BCUT2D eigenvalue weighted by molar-refractivity contribution is -0.136. The first-order valence-electron chi connectivity index (χ1n) is 25.6. The van der Waals surface area contributed by atoms with Gasteiger partial charge >= 0.3 is 0 Å². The number of amides is 3. The number of nitrogens with one attached hydrogen (secondary N) is 1. The van der Waals surface area contributed by atoms with Crippen LogP contribution in [0.5, 0.6) is 0 Å². The number of nitrogens with zero attached hydrogens (tertiary/aromatic N) is 8. The smallest absolute Gasteiger partial charge is 0.281 e. The molecule has 15 nitrogen and oxygen atoms in total. The van der Waals surface area contributed by atoms with E-state index in [4.69, 9.17) is 0 Å². The highest BCUT2D eigenvalue weighted by atomic mass is 79.9. The van der Waals surface area contributed by atoms with E-state index in [1.54, 1.807) is 11.7 Å². The van der Waals surface area contributed by atoms with Crippen LogP contribution in [-0.4, -0.2) is 124 Å². The van der Waals surface area contributed by atoms with Crippen molar-refractivity contribution < 1.29 is 24.6 Å². The minimum absolute atomic E-state index is 0.0185. The number of rotatable bonds is 19. The summed E-state index contributed by atoms with van der Waals surface area (Å²) in [5, 5.41) is 32.6. The summed E-state index contributed by atoms with van der Waals surface area (Å²) >= 11 is 7.22. The van der Waals surface area contributed by atoms with E-state index in [-0.39, 0.29) is 41.3 Å². The van der Waals surface area contributed by atoms with Gasteiger partial charge in [0, 0.05) is 115 Å². The molecule has 2 aliphatic rings. The topological polar surface area (TPSA) is 171 Å². The molecule has 17 heteroatoms. The van der Waals surface area contributed by atoms with E-state index in [2.05, 4.69) is 87.9 Å². The Morgan fingerprint density at radius 2 is 1.38 bits per heavy atom. The molecule has 3 amide bonds. The Morgan fingerprint density at radius 1 is 0.753 bits per heavy atom. The van der Waals surface area contributed by atoms with E-state index in [9.17, 15) is 29.4 Å². The molecule has 7 aromatic rings. The number of unbranched alkanes of at least 4 members (excludes halogenated alkanes) is 3. The average Bonchev–Trinajstić information content (AvgIpc) is 3.88. The zero-order valence-electron chi connectivity index (χ0n) is 41.7. The first kappa shape index (κ1) is 52.2. The lowest BCUT2D eigenvalue weighted by atomic mass is 9.90. The molecular weight excluding hydrogens is 1050 g/mol. The second kappa shape index (κ2) is 23.2. The summed E-state index contributed by atoms with van der Waals surface area (Å²) in [6, 6.07) is 30.3. The van der Waals surface area contributed by atoms with E-state index in [0.29, 0.717) is 89.1 Å². The summed E-state index contributed by atoms with van der Waals surface area (Å²) in [5.74, 6) is 0.310. The van der Waals surface area contributed by atoms with Crippen molar-refractivity contribution in [2.24, 2.45) is 7.05 Å². The monoisotopic (exact) mass is 1120 g/mol. The van der Waals surface area contributed by atoms with Crippen LogP contribution < -0.4 is 10.9 Å². The third kappa shape index (κ3) is 12.5. The molecule has 5 heterocycles. The SMILES string of the molecule is C[C@H](CC(=O)N1CCC(O)(Cn2cnc3c(-c4ccc(CNC(=O)CCCCCCC(=O)N5CCN(C[C@H](O)Cn6c7ccc(Br)cc7c7cc(Br)ccc76)CC5)cc4)n(C)nc3c2=O)CC1)c1ccccc1. The van der Waals surface area contributed by atoms with Gasteiger partial charge in [0.25, 0.3) is 5.56 Å². The first-order valence-corrected chi connectivity index (χ1v) is 27.2. The van der Waals surface area contributed by atoms with Gasteiger partial charge in [-0.1, -0.05) is 106 Å². The van der Waals surface area contributed by atoms with Gasteiger partial charge in [-0.2, -0.15) is 5.10 Å². The number of carbonyl (C=O) groups excluding carboxylic acids is 3. The number of aliphatic hydroxyl groups is 2. The van der Waals surface area contributed by atoms with E-state index >= 15 is 0 Å². The molecule has 2 aliphatic heterocycles. The van der Waals surface area contributed by atoms with Crippen molar-refractivity contribution in [2.75, 3.05) is 45.8 Å². The van der Waals surface area contributed by atoms with Gasteiger partial charge in [-0.05, 0) is 79.1 Å². The van der Waals surface area contributed by atoms with Crippen LogP contribution in [0, 0.1) is 0 Å². The standard InChI is InChI=1S/C56H65Br2N9O6/c1-38(40-10-6-5-7-11-40)30-51(71)64-24-22-56(73,23-25-64)36-66-37-60-52-53(55(66)72)61-62(2)54(52)41-16-14-39(15-17-41)33-59-49(69)12-8-3-4-9-13-50(70)65-28-26-63(27-29-65)34-44(68)35-67-47-20-18-42(57)31-45(47)46-32-43(58)19-21-48(46)67/h5-7,10-11,14-21,31-32,37-38,44,68,73H,3-4,8-9,12-13,22-30,33-36H2,1-2H3,(H,59,69)/t38-,44+/m1/s1. The van der Waals surface area contributed by atoms with Crippen molar-refractivity contribution in [3.8, 4) is 11.3 Å². The number of hydrogen-bond donors (Lipinski definition) is 3. The molecule has 4 aromatic carbocycles. The van der Waals surface area contributed by atoms with Gasteiger partial charge in [0.1, 0.15) is 5.52 Å². The Labute approximate surface area is 442 Å². The second-order valence-corrected chi connectivity index (χ2v) is 22.0. The Morgan fingerprint density at radius 3 is 2.04 bits per heavy atom. The quantitative estimate of drug-likeness (QED) is 0.0677. The van der Waals surface area contributed by atoms with Gasteiger partial charge < -0.3 is 29.9 Å². The molecule has 9 rings (SSSR count). The van der Waals surface area contributed by atoms with Crippen LogP contribution in [0.3, 0.4) is 0 Å². The molecule has 2 fully saturated rings. The predicted molar refractivity (Wildman–Crippen MR) is 292 cm³/mol. The molecule has 2 saturated heterocycles. The summed E-state index contributed by atoms with van der Waals surface area (Å²) in [5.41, 5.74) is 4.94. The number of aryl methyl sites for hydroxylation is 1. The fourth-order valence-electron chi connectivity index (χ4n) is 10.6. The number of aromatic nitrogens is 5. The highest BCUT2D eigenvalue weighted by Gasteiger charge is 2.35. The Kier molecular flexibility index (Phi) is 16.6. The van der Waals surface area contributed by atoms with Gasteiger partial charge in [-0.25, -0.2) is 4.98 Å². The van der Waals surface area contributed by atoms with Crippen molar-refractivity contribution in [3.63, 3.8) is 0 Å². The van der Waals surface area contributed by atoms with Gasteiger partial charge in [0.05, 0.1) is 36.8 Å². The van der Waals surface area contributed by atoms with E-state index < -0.39 is 11.7 Å². The number of halogens is 2. The number of likely N-dealkylation sites (tertiary alicyclic amines) is 1. The Hall–Kier alpha value is -5.72. The van der Waals surface area contributed by atoms with Crippen LogP contribution in [-0.2, 0) is 41.1 Å². The van der Waals surface area contributed by atoms with Crippen molar-refractivity contribution in [3.05, 3.63) is 128 Å². The lowest BCUT2D eigenvalue weighted by Gasteiger charge is -2.38. The Balaban J connectivity index is 0.660. The molecule has 3 aromatic heterocycles. The van der Waals surface area contributed by atoms with Crippen molar-refractivity contribution in [1.29, 1.82) is 0 Å². The third-order valence-corrected chi connectivity index (χ3v) is 15.8. The zero-order chi connectivity index (χ0) is 51.2. The van der Waals surface area contributed by atoms with Crippen molar-refractivity contribution in [2.45, 2.75) is 102 Å². The van der Waals surface area contributed by atoms with Crippen LogP contribution in [0.4, 0.5) is 0 Å². The van der Waals surface area contributed by atoms with Crippen LogP contribution in [0.2, 0.25) is 0 Å². The highest BCUT2D eigenvalue weighted by Crippen LogP contribution is 2.34. The summed E-state index contributed by atoms with van der Waals surface area (Å²) in [6.45, 7) is 7.12. The number of β-amino-alcohol motifs (C(OH)–C–C–N with tert-alkyl or cyclic N) is 1. The molecule has 384 valence electrons. The second-order valence-electron chi connectivity index (χ2n) is 20.1. The molecule has 3 N–H and O–H groups in total. The molecule has 0 aliphatic carbocycles. The number of benzene rings is 4. The maximum absolute atomic E-state index is 13.7. The highest BCUT2D eigenvalue weighted by molar-refractivity contribution is 9.10. The molecule has 0 spiro atoms. The third-order valence-electron chi connectivity index (χ3n) is 14.8.